The number of hydrogen-bond donors (Lipinski definition) is 5. The Hall–Kier alpha value is -1.44. The van der Waals surface area contributed by atoms with Gasteiger partial charge in [0.25, 0.3) is 0 Å². The number of aliphatic hydroxyl groups excluding tert-OH is 3. The average molecular weight is 519 g/mol. The highest BCUT2D eigenvalue weighted by atomic mass is 16.4. The highest BCUT2D eigenvalue weighted by Gasteiger charge is 2.71. The number of fused-ring (bicyclic) bond motifs is 7. The van der Waals surface area contributed by atoms with E-state index >= 15 is 0 Å². The molecule has 0 aromatic rings. The standard InChI is InChI=1S/C30H46O7/c1-25(23(34)35)10-12-30(24(36)37)13-11-28(4)17(18(30)14-25)6-7-21-26(2)15-19(32)22(33)27(3,16-31)20(26)8-9-29(21,28)5/h6,18-22,31-33H,7-16H2,1-5H3,(H,34,35)(H,36,37)/t18-,19+,20+,21+,22-,25-,26-,27-,28+,29+,30-/m0/s1. The smallest absolute Gasteiger partial charge is 0.310 e. The largest absolute Gasteiger partial charge is 0.481 e. The minimum atomic E-state index is -0.966. The molecule has 5 rings (SSSR count). The van der Waals surface area contributed by atoms with Gasteiger partial charge in [0, 0.05) is 5.41 Å². The van der Waals surface area contributed by atoms with Gasteiger partial charge in [-0.2, -0.15) is 0 Å². The molecule has 5 aliphatic rings. The van der Waals surface area contributed by atoms with Crippen LogP contribution in [0.3, 0.4) is 0 Å². The summed E-state index contributed by atoms with van der Waals surface area (Å²) in [5.74, 6) is -1.67. The van der Waals surface area contributed by atoms with Gasteiger partial charge in [-0.3, -0.25) is 9.59 Å². The van der Waals surface area contributed by atoms with Crippen LogP contribution in [0.1, 0.15) is 92.4 Å². The van der Waals surface area contributed by atoms with E-state index in [1.165, 1.54) is 0 Å². The van der Waals surface area contributed by atoms with Gasteiger partial charge in [0.1, 0.15) is 0 Å². The van der Waals surface area contributed by atoms with E-state index in [1.54, 1.807) is 6.92 Å². The third-order valence-corrected chi connectivity index (χ3v) is 13.4. The molecule has 0 saturated heterocycles. The Morgan fingerprint density at radius 2 is 1.54 bits per heavy atom. The lowest BCUT2D eigenvalue weighted by Gasteiger charge is -2.71. The molecule has 0 unspecified atom stereocenters. The van der Waals surface area contributed by atoms with Gasteiger partial charge in [0.15, 0.2) is 0 Å². The molecule has 0 amide bonds. The third-order valence-electron chi connectivity index (χ3n) is 13.4. The molecule has 0 bridgehead atoms. The van der Waals surface area contributed by atoms with Crippen LogP contribution >= 0.6 is 0 Å². The number of aliphatic carboxylic acids is 2. The van der Waals surface area contributed by atoms with E-state index in [0.29, 0.717) is 32.1 Å². The zero-order valence-electron chi connectivity index (χ0n) is 23.1. The van der Waals surface area contributed by atoms with Crippen LogP contribution in [-0.4, -0.2) is 56.3 Å². The normalized spacial score (nSPS) is 55.1. The Balaban J connectivity index is 1.61. The molecule has 5 aliphatic carbocycles. The van der Waals surface area contributed by atoms with Crippen molar-refractivity contribution in [2.75, 3.05) is 6.61 Å². The fraction of sp³-hybridized carbons (Fsp3) is 0.867. The summed E-state index contributed by atoms with van der Waals surface area (Å²) in [4.78, 5) is 25.1. The first kappa shape index (κ1) is 27.1. The number of rotatable bonds is 3. The predicted molar refractivity (Wildman–Crippen MR) is 137 cm³/mol. The lowest BCUT2D eigenvalue weighted by atomic mass is 9.33. The van der Waals surface area contributed by atoms with Crippen molar-refractivity contribution in [3.8, 4) is 0 Å². The molecule has 0 aromatic carbocycles. The molecule has 4 saturated carbocycles. The second-order valence-corrected chi connectivity index (χ2v) is 14.8. The molecule has 4 fully saturated rings. The second-order valence-electron chi connectivity index (χ2n) is 14.8. The first-order valence-electron chi connectivity index (χ1n) is 14.2. The van der Waals surface area contributed by atoms with Gasteiger partial charge in [0.2, 0.25) is 0 Å². The molecule has 0 aliphatic heterocycles. The summed E-state index contributed by atoms with van der Waals surface area (Å²) >= 11 is 0. The summed E-state index contributed by atoms with van der Waals surface area (Å²) in [6.45, 7) is 10.4. The monoisotopic (exact) mass is 518 g/mol. The summed E-state index contributed by atoms with van der Waals surface area (Å²) in [6.07, 6.45) is 5.76. The Kier molecular flexibility index (Phi) is 5.90. The van der Waals surface area contributed by atoms with Gasteiger partial charge in [-0.1, -0.05) is 39.3 Å². The van der Waals surface area contributed by atoms with Crippen molar-refractivity contribution in [3.05, 3.63) is 11.6 Å². The number of aliphatic hydroxyl groups is 3. The van der Waals surface area contributed by atoms with Gasteiger partial charge in [-0.05, 0) is 98.7 Å². The minimum absolute atomic E-state index is 0.0618. The lowest BCUT2D eigenvalue weighted by molar-refractivity contribution is -0.243. The van der Waals surface area contributed by atoms with Gasteiger partial charge < -0.3 is 25.5 Å². The number of allylic oxidation sites excluding steroid dienone is 2. The van der Waals surface area contributed by atoms with Crippen LogP contribution in [0.25, 0.3) is 0 Å². The van der Waals surface area contributed by atoms with Gasteiger partial charge in [0.05, 0.1) is 29.6 Å². The fourth-order valence-electron chi connectivity index (χ4n) is 10.8. The van der Waals surface area contributed by atoms with E-state index in [2.05, 4.69) is 26.8 Å². The number of hydrogen-bond acceptors (Lipinski definition) is 5. The summed E-state index contributed by atoms with van der Waals surface area (Å²) in [7, 11) is 0. The van der Waals surface area contributed by atoms with Crippen molar-refractivity contribution in [2.45, 2.75) is 105 Å². The SMILES string of the molecule is C[C@]1(C(=O)O)CC[C@]2(C(=O)O)CC[C@]3(C)C(=CC[C@@H]4[C@@]5(C)C[C@@H](O)[C@H](O)[C@@](C)(CO)[C@@H]5CC[C@]43C)[C@@H]2C1. The summed E-state index contributed by atoms with van der Waals surface area (Å²) in [6, 6.07) is 0. The maximum Gasteiger partial charge on any atom is 0.310 e. The number of carboxylic acids is 2. The molecule has 5 N–H and O–H groups in total. The molecule has 0 spiro atoms. The first-order valence-corrected chi connectivity index (χ1v) is 14.2. The highest BCUT2D eigenvalue weighted by molar-refractivity contribution is 5.79. The fourth-order valence-corrected chi connectivity index (χ4v) is 10.8. The van der Waals surface area contributed by atoms with Crippen LogP contribution in [0, 0.1) is 50.2 Å². The zero-order chi connectivity index (χ0) is 27.4. The van der Waals surface area contributed by atoms with Crippen LogP contribution in [0.2, 0.25) is 0 Å². The molecule has 7 heteroatoms. The molecule has 208 valence electrons. The van der Waals surface area contributed by atoms with Crippen molar-refractivity contribution < 1.29 is 35.1 Å². The van der Waals surface area contributed by atoms with E-state index in [-0.39, 0.29) is 40.6 Å². The third kappa shape index (κ3) is 3.17. The average Bonchev–Trinajstić information content (AvgIpc) is 2.82. The van der Waals surface area contributed by atoms with Crippen LogP contribution in [-0.2, 0) is 9.59 Å². The van der Waals surface area contributed by atoms with E-state index in [1.807, 2.05) is 6.92 Å². The van der Waals surface area contributed by atoms with E-state index in [0.717, 1.165) is 31.3 Å². The summed E-state index contributed by atoms with van der Waals surface area (Å²) in [5.41, 5.74) is -2.21. The van der Waals surface area contributed by atoms with Crippen molar-refractivity contribution in [1.82, 2.24) is 0 Å². The Morgan fingerprint density at radius 3 is 2.14 bits per heavy atom. The van der Waals surface area contributed by atoms with E-state index in [9.17, 15) is 35.1 Å². The molecule has 0 aromatic heterocycles. The first-order chi connectivity index (χ1) is 17.1. The van der Waals surface area contributed by atoms with Crippen molar-refractivity contribution in [3.63, 3.8) is 0 Å². The number of carbonyl (C=O) groups is 2. The Labute approximate surface area is 220 Å². The predicted octanol–water partition coefficient (Wildman–Crippen LogP) is 4.24. The molecular weight excluding hydrogens is 472 g/mol. The zero-order valence-corrected chi connectivity index (χ0v) is 23.1. The van der Waals surface area contributed by atoms with Crippen LogP contribution in [0.4, 0.5) is 0 Å². The summed E-state index contributed by atoms with van der Waals surface area (Å²) in [5, 5.41) is 52.9. The Morgan fingerprint density at radius 1 is 0.892 bits per heavy atom. The van der Waals surface area contributed by atoms with Gasteiger partial charge >= 0.3 is 11.9 Å². The molecule has 11 atom stereocenters. The van der Waals surface area contributed by atoms with Crippen molar-refractivity contribution >= 4 is 11.9 Å². The van der Waals surface area contributed by atoms with Gasteiger partial charge in [-0.15, -0.1) is 0 Å². The second kappa shape index (κ2) is 8.04. The maximum atomic E-state index is 12.8. The minimum Gasteiger partial charge on any atom is -0.481 e. The lowest BCUT2D eigenvalue weighted by Crippen LogP contribution is -2.68. The topological polar surface area (TPSA) is 135 Å². The molecule has 0 radical (unpaired) electrons. The van der Waals surface area contributed by atoms with Crippen LogP contribution in [0.15, 0.2) is 11.6 Å². The van der Waals surface area contributed by atoms with Crippen LogP contribution in [0.5, 0.6) is 0 Å². The summed E-state index contributed by atoms with van der Waals surface area (Å²) < 4.78 is 0. The van der Waals surface area contributed by atoms with Crippen LogP contribution < -0.4 is 0 Å². The van der Waals surface area contributed by atoms with Crippen molar-refractivity contribution in [2.24, 2.45) is 50.2 Å². The van der Waals surface area contributed by atoms with Gasteiger partial charge in [-0.25, -0.2) is 0 Å². The molecular formula is C30H46O7. The number of carboxylic acid groups (broad SMARTS) is 2. The Bertz CT molecular complexity index is 1040. The maximum absolute atomic E-state index is 12.8. The highest BCUT2D eigenvalue weighted by Crippen LogP contribution is 2.75. The molecule has 0 heterocycles. The quantitative estimate of drug-likeness (QED) is 0.353. The van der Waals surface area contributed by atoms with E-state index in [4.69, 9.17) is 0 Å². The molecule has 7 nitrogen and oxygen atoms in total. The molecule has 37 heavy (non-hydrogen) atoms. The van der Waals surface area contributed by atoms with Crippen molar-refractivity contribution in [1.29, 1.82) is 0 Å². The van der Waals surface area contributed by atoms with E-state index < -0.39 is 40.4 Å².